The first-order valence-electron chi connectivity index (χ1n) is 6.08. The maximum absolute atomic E-state index is 10.6. The second-order valence-corrected chi connectivity index (χ2v) is 4.34. The average molecular weight is 210 g/mol. The van der Waals surface area contributed by atoms with E-state index in [4.69, 9.17) is 0 Å². The molecule has 15 heavy (non-hydrogen) atoms. The van der Waals surface area contributed by atoms with E-state index in [0.29, 0.717) is 18.8 Å². The molecule has 1 nitrogen and oxygen atoms in total. The summed E-state index contributed by atoms with van der Waals surface area (Å²) in [6.07, 6.45) is 9.48. The molecule has 0 aromatic rings. The van der Waals surface area contributed by atoms with Gasteiger partial charge in [0.2, 0.25) is 0 Å². The van der Waals surface area contributed by atoms with Crippen molar-refractivity contribution in [2.24, 2.45) is 5.92 Å². The molecule has 0 heterocycles. The molecule has 0 spiro atoms. The molecule has 0 unspecified atom stereocenters. The molecule has 0 rings (SSSR count). The van der Waals surface area contributed by atoms with Gasteiger partial charge in [0.15, 0.2) is 0 Å². The van der Waals surface area contributed by atoms with Gasteiger partial charge < -0.3 is 5.11 Å². The molecule has 0 aliphatic rings. The van der Waals surface area contributed by atoms with Gasteiger partial charge in [-0.05, 0) is 25.2 Å². The normalized spacial score (nSPS) is 13.5. The van der Waals surface area contributed by atoms with Gasteiger partial charge in [-0.2, -0.15) is 0 Å². The highest BCUT2D eigenvalue weighted by Gasteiger charge is 2.32. The lowest BCUT2D eigenvalue weighted by molar-refractivity contribution is -0.0193. The van der Waals surface area contributed by atoms with Crippen LogP contribution in [0.4, 0.5) is 0 Å². The number of unbranched alkanes of at least 4 members (excludes halogenated alkanes) is 1. The molecule has 0 aromatic carbocycles. The zero-order chi connectivity index (χ0) is 11.7. The van der Waals surface area contributed by atoms with E-state index in [9.17, 15) is 5.11 Å². The van der Waals surface area contributed by atoms with Gasteiger partial charge in [-0.25, -0.2) is 0 Å². The largest absolute Gasteiger partial charge is 0.389 e. The van der Waals surface area contributed by atoms with Crippen LogP contribution in [0.15, 0.2) is 25.3 Å². The first-order chi connectivity index (χ1) is 7.14. The summed E-state index contributed by atoms with van der Waals surface area (Å²) in [4.78, 5) is 0. The molecule has 0 bridgehead atoms. The van der Waals surface area contributed by atoms with Gasteiger partial charge >= 0.3 is 0 Å². The zero-order valence-corrected chi connectivity index (χ0v) is 10.3. The van der Waals surface area contributed by atoms with Crippen molar-refractivity contribution in [2.45, 2.75) is 58.0 Å². The van der Waals surface area contributed by atoms with Crippen molar-refractivity contribution >= 4 is 0 Å². The molecule has 0 saturated carbocycles. The zero-order valence-electron chi connectivity index (χ0n) is 10.3. The topological polar surface area (TPSA) is 20.2 Å². The molecule has 0 aliphatic heterocycles. The van der Waals surface area contributed by atoms with Crippen molar-refractivity contribution in [3.05, 3.63) is 25.3 Å². The third-order valence-corrected chi connectivity index (χ3v) is 3.15. The van der Waals surface area contributed by atoms with Gasteiger partial charge in [0.1, 0.15) is 0 Å². The van der Waals surface area contributed by atoms with Crippen molar-refractivity contribution in [3.63, 3.8) is 0 Å². The van der Waals surface area contributed by atoms with E-state index < -0.39 is 5.60 Å². The van der Waals surface area contributed by atoms with Crippen LogP contribution in [-0.4, -0.2) is 10.7 Å². The summed E-state index contributed by atoms with van der Waals surface area (Å²) < 4.78 is 0. The Labute approximate surface area is 94.9 Å². The second-order valence-electron chi connectivity index (χ2n) is 4.34. The lowest BCUT2D eigenvalue weighted by Crippen LogP contribution is -2.36. The third kappa shape index (κ3) is 4.65. The summed E-state index contributed by atoms with van der Waals surface area (Å²) in [6.45, 7) is 11.8. The van der Waals surface area contributed by atoms with Crippen LogP contribution in [0.3, 0.4) is 0 Å². The summed E-state index contributed by atoms with van der Waals surface area (Å²) >= 11 is 0. The van der Waals surface area contributed by atoms with Crippen molar-refractivity contribution in [3.8, 4) is 0 Å². The lowest BCUT2D eigenvalue weighted by Gasteiger charge is -2.34. The Morgan fingerprint density at radius 3 is 2.07 bits per heavy atom. The minimum absolute atomic E-state index is 0.369. The van der Waals surface area contributed by atoms with Crippen LogP contribution in [0.1, 0.15) is 52.4 Å². The first-order valence-corrected chi connectivity index (χ1v) is 6.08. The Morgan fingerprint density at radius 2 is 1.73 bits per heavy atom. The second kappa shape index (κ2) is 7.70. The summed E-state index contributed by atoms with van der Waals surface area (Å²) in [7, 11) is 0. The smallest absolute Gasteiger partial charge is 0.0743 e. The standard InChI is InChI=1S/C14H26O/c1-5-9-10-13(8-4)14(15,11-6-2)12-7-3/h6-7,13,15H,2-3,5,8-12H2,1,4H3/t13-/m1/s1. The molecule has 0 fully saturated rings. The third-order valence-electron chi connectivity index (χ3n) is 3.15. The molecular weight excluding hydrogens is 184 g/mol. The van der Waals surface area contributed by atoms with Crippen LogP contribution in [0.2, 0.25) is 0 Å². The average Bonchev–Trinajstić information content (AvgIpc) is 2.19. The molecular formula is C14H26O. The monoisotopic (exact) mass is 210 g/mol. The van der Waals surface area contributed by atoms with Gasteiger partial charge in [-0.15, -0.1) is 13.2 Å². The number of hydrogen-bond acceptors (Lipinski definition) is 1. The van der Waals surface area contributed by atoms with E-state index in [0.717, 1.165) is 12.8 Å². The van der Waals surface area contributed by atoms with Gasteiger partial charge in [0.05, 0.1) is 5.60 Å². The van der Waals surface area contributed by atoms with E-state index in [2.05, 4.69) is 27.0 Å². The predicted octanol–water partition coefficient (Wildman–Crippen LogP) is 4.09. The maximum atomic E-state index is 10.6. The molecule has 1 N–H and O–H groups in total. The van der Waals surface area contributed by atoms with Crippen molar-refractivity contribution < 1.29 is 5.11 Å². The van der Waals surface area contributed by atoms with Crippen LogP contribution in [0.5, 0.6) is 0 Å². The van der Waals surface area contributed by atoms with Crippen LogP contribution in [0.25, 0.3) is 0 Å². The summed E-state index contributed by atoms with van der Waals surface area (Å²) in [5, 5.41) is 10.6. The summed E-state index contributed by atoms with van der Waals surface area (Å²) in [6, 6.07) is 0. The minimum atomic E-state index is -0.618. The fraction of sp³-hybridized carbons (Fsp3) is 0.714. The molecule has 0 radical (unpaired) electrons. The Bertz CT molecular complexity index is 174. The molecule has 1 atom stereocenters. The highest BCUT2D eigenvalue weighted by Crippen LogP contribution is 2.32. The maximum Gasteiger partial charge on any atom is 0.0743 e. The highest BCUT2D eigenvalue weighted by molar-refractivity contribution is 4.96. The van der Waals surface area contributed by atoms with Crippen molar-refractivity contribution in [2.75, 3.05) is 0 Å². The Kier molecular flexibility index (Phi) is 7.41. The van der Waals surface area contributed by atoms with Gasteiger partial charge in [0, 0.05) is 0 Å². The van der Waals surface area contributed by atoms with Gasteiger partial charge in [0.25, 0.3) is 0 Å². The van der Waals surface area contributed by atoms with Crippen LogP contribution in [-0.2, 0) is 0 Å². The predicted molar refractivity (Wildman–Crippen MR) is 67.9 cm³/mol. The number of rotatable bonds is 9. The van der Waals surface area contributed by atoms with Crippen LogP contribution < -0.4 is 0 Å². The summed E-state index contributed by atoms with van der Waals surface area (Å²) in [5.74, 6) is 0.369. The van der Waals surface area contributed by atoms with Crippen molar-refractivity contribution in [1.82, 2.24) is 0 Å². The first kappa shape index (κ1) is 14.4. The van der Waals surface area contributed by atoms with Crippen LogP contribution >= 0.6 is 0 Å². The van der Waals surface area contributed by atoms with E-state index >= 15 is 0 Å². The molecule has 0 amide bonds. The SMILES string of the molecule is C=CCC(O)(CC=C)[C@H](CC)CCCC. The van der Waals surface area contributed by atoms with E-state index in [1.165, 1.54) is 12.8 Å². The quantitative estimate of drug-likeness (QED) is 0.568. The van der Waals surface area contributed by atoms with E-state index in [-0.39, 0.29) is 0 Å². The Balaban J connectivity index is 4.51. The molecule has 88 valence electrons. The number of hydrogen-bond donors (Lipinski definition) is 1. The summed E-state index contributed by atoms with van der Waals surface area (Å²) in [5.41, 5.74) is -0.618. The van der Waals surface area contributed by atoms with Gasteiger partial charge in [-0.1, -0.05) is 45.3 Å². The van der Waals surface area contributed by atoms with E-state index in [1.54, 1.807) is 0 Å². The Morgan fingerprint density at radius 1 is 1.20 bits per heavy atom. The molecule has 1 heteroatoms. The van der Waals surface area contributed by atoms with E-state index in [1.807, 2.05) is 12.2 Å². The van der Waals surface area contributed by atoms with Gasteiger partial charge in [-0.3, -0.25) is 0 Å². The molecule has 0 aromatic heterocycles. The van der Waals surface area contributed by atoms with Crippen LogP contribution in [0, 0.1) is 5.92 Å². The number of aliphatic hydroxyl groups is 1. The molecule has 0 aliphatic carbocycles. The minimum Gasteiger partial charge on any atom is -0.389 e. The highest BCUT2D eigenvalue weighted by atomic mass is 16.3. The fourth-order valence-corrected chi connectivity index (χ4v) is 2.22. The lowest BCUT2D eigenvalue weighted by atomic mass is 9.77. The Hall–Kier alpha value is -0.560. The molecule has 0 saturated heterocycles. The van der Waals surface area contributed by atoms with Crippen molar-refractivity contribution in [1.29, 1.82) is 0 Å². The fourth-order valence-electron chi connectivity index (χ4n) is 2.22.